The predicted molar refractivity (Wildman–Crippen MR) is 36.1 cm³/mol. The van der Waals surface area contributed by atoms with Gasteiger partial charge in [0.2, 0.25) is 0 Å². The van der Waals surface area contributed by atoms with Crippen molar-refractivity contribution in [1.82, 2.24) is 0 Å². The van der Waals surface area contributed by atoms with Gasteiger partial charge < -0.3 is 0 Å². The molecule has 0 atom stereocenters. The van der Waals surface area contributed by atoms with Gasteiger partial charge in [-0.15, -0.1) is 17.6 Å². The van der Waals surface area contributed by atoms with Crippen LogP contribution in [-0.4, -0.2) is 38.0 Å². The van der Waals surface area contributed by atoms with Crippen LogP contribution >= 0.6 is 0 Å². The van der Waals surface area contributed by atoms with Crippen LogP contribution in [0.5, 0.6) is 0 Å². The SMILES string of the molecule is FC(F)OC(F)(F)OC(F)(F)C(F)(F)OC(F)(F)OC(F)F. The molecule has 0 aliphatic carbocycles. The van der Waals surface area contributed by atoms with E-state index in [1.54, 1.807) is 0 Å². The molecule has 0 unspecified atom stereocenters. The Balaban J connectivity index is 5.07. The lowest BCUT2D eigenvalue weighted by atomic mass is 10.6. The quantitative estimate of drug-likeness (QED) is 0.460. The lowest BCUT2D eigenvalue weighted by molar-refractivity contribution is -0.578. The zero-order valence-corrected chi connectivity index (χ0v) is 9.32. The molecule has 0 heterocycles. The molecule has 0 saturated heterocycles. The molecule has 0 saturated carbocycles. The monoisotopic (exact) mass is 366 g/mol. The number of ether oxygens (including phenoxy) is 4. The van der Waals surface area contributed by atoms with Crippen LogP contribution < -0.4 is 0 Å². The number of alkyl halides is 12. The maximum Gasteiger partial charge on any atom is 0.494 e. The Hall–Kier alpha value is -1.00. The highest BCUT2D eigenvalue weighted by Crippen LogP contribution is 2.44. The zero-order chi connectivity index (χ0) is 18.0. The van der Waals surface area contributed by atoms with Gasteiger partial charge in [0.1, 0.15) is 0 Å². The van der Waals surface area contributed by atoms with Crippen molar-refractivity contribution < 1.29 is 71.6 Å². The molecule has 0 aromatic heterocycles. The van der Waals surface area contributed by atoms with Crippen molar-refractivity contribution >= 4 is 0 Å². The van der Waals surface area contributed by atoms with E-state index in [1.807, 2.05) is 9.47 Å². The van der Waals surface area contributed by atoms with Crippen molar-refractivity contribution in [3.05, 3.63) is 0 Å². The summed E-state index contributed by atoms with van der Waals surface area (Å²) in [7, 11) is 0. The van der Waals surface area contributed by atoms with Crippen LogP contribution in [0.25, 0.3) is 0 Å². The normalized spacial score (nSPS) is 15.0. The Kier molecular flexibility index (Phi) is 6.33. The Morgan fingerprint density at radius 2 is 0.727 bits per heavy atom. The van der Waals surface area contributed by atoms with E-state index in [0.29, 0.717) is 0 Å². The maximum atomic E-state index is 12.5. The highest BCUT2D eigenvalue weighted by molar-refractivity contribution is 4.68. The molecule has 0 amide bonds. The van der Waals surface area contributed by atoms with E-state index in [-0.39, 0.29) is 0 Å². The second-order valence-corrected chi connectivity index (χ2v) is 2.92. The van der Waals surface area contributed by atoms with Gasteiger partial charge in [0.05, 0.1) is 0 Å². The van der Waals surface area contributed by atoms with Gasteiger partial charge >= 0.3 is 38.0 Å². The van der Waals surface area contributed by atoms with Crippen molar-refractivity contribution in [2.24, 2.45) is 0 Å². The molecule has 0 N–H and O–H groups in total. The van der Waals surface area contributed by atoms with Gasteiger partial charge in [0.15, 0.2) is 0 Å². The van der Waals surface area contributed by atoms with Crippen molar-refractivity contribution in [3.63, 3.8) is 0 Å². The molecule has 0 aromatic carbocycles. The van der Waals surface area contributed by atoms with Gasteiger partial charge in [-0.2, -0.15) is 35.1 Å². The fourth-order valence-electron chi connectivity index (χ4n) is 0.673. The second-order valence-electron chi connectivity index (χ2n) is 2.92. The van der Waals surface area contributed by atoms with Gasteiger partial charge in [-0.25, -0.2) is 18.9 Å². The first-order valence-corrected chi connectivity index (χ1v) is 4.33. The van der Waals surface area contributed by atoms with Crippen LogP contribution in [0.15, 0.2) is 0 Å². The molecule has 0 fully saturated rings. The molecular weight excluding hydrogens is 364 g/mol. The van der Waals surface area contributed by atoms with Crippen molar-refractivity contribution in [2.45, 2.75) is 38.0 Å². The molecule has 134 valence electrons. The van der Waals surface area contributed by atoms with E-state index >= 15 is 0 Å². The fraction of sp³-hybridized carbons (Fsp3) is 1.00. The molecular formula is C6H2F12O4. The second kappa shape index (κ2) is 6.63. The van der Waals surface area contributed by atoms with E-state index in [4.69, 9.17) is 0 Å². The molecule has 0 rings (SSSR count). The Labute approximate surface area is 111 Å². The van der Waals surface area contributed by atoms with E-state index in [1.165, 1.54) is 0 Å². The summed E-state index contributed by atoms with van der Waals surface area (Å²) in [5.74, 6) is 0. The van der Waals surface area contributed by atoms with Gasteiger partial charge in [0, 0.05) is 0 Å². The van der Waals surface area contributed by atoms with E-state index < -0.39 is 38.0 Å². The average Bonchev–Trinajstić information content (AvgIpc) is 2.06. The minimum Gasteiger partial charge on any atom is -0.232 e. The lowest BCUT2D eigenvalue weighted by Gasteiger charge is -2.30. The first-order chi connectivity index (χ1) is 9.50. The van der Waals surface area contributed by atoms with Crippen molar-refractivity contribution in [3.8, 4) is 0 Å². The van der Waals surface area contributed by atoms with Gasteiger partial charge in [-0.05, 0) is 0 Å². The highest BCUT2D eigenvalue weighted by atomic mass is 19.3. The third-order valence-corrected chi connectivity index (χ3v) is 1.29. The number of hydrogen-bond donors (Lipinski definition) is 0. The summed E-state index contributed by atoms with van der Waals surface area (Å²) >= 11 is 0. The van der Waals surface area contributed by atoms with Gasteiger partial charge in [-0.1, -0.05) is 0 Å². The molecule has 22 heavy (non-hydrogen) atoms. The van der Waals surface area contributed by atoms with Crippen LogP contribution in [0.4, 0.5) is 52.7 Å². The van der Waals surface area contributed by atoms with Crippen molar-refractivity contribution in [2.75, 3.05) is 0 Å². The molecule has 4 nitrogen and oxygen atoms in total. The molecule has 16 heteroatoms. The summed E-state index contributed by atoms with van der Waals surface area (Å²) in [5, 5.41) is 0. The van der Waals surface area contributed by atoms with Crippen LogP contribution in [-0.2, 0) is 18.9 Å². The molecule has 0 spiro atoms. The number of rotatable bonds is 9. The predicted octanol–water partition coefficient (Wildman–Crippen LogP) is 3.78. The highest BCUT2D eigenvalue weighted by Gasteiger charge is 2.69. The Bertz CT molecular complexity index is 324. The average molecular weight is 366 g/mol. The first-order valence-electron chi connectivity index (χ1n) is 4.33. The fourth-order valence-corrected chi connectivity index (χ4v) is 0.673. The van der Waals surface area contributed by atoms with Crippen LogP contribution in [0.3, 0.4) is 0 Å². The smallest absolute Gasteiger partial charge is 0.232 e. The lowest BCUT2D eigenvalue weighted by Crippen LogP contribution is -2.53. The standard InChI is InChI=1S/C6H2F12O4/c7-1(8)19-5(15,16)21-3(11,12)4(13,14)22-6(17,18)20-2(9)10/h1-2H. The van der Waals surface area contributed by atoms with E-state index in [9.17, 15) is 52.7 Å². The summed E-state index contributed by atoms with van der Waals surface area (Å²) in [6.07, 6.45) is -25.5. The minimum atomic E-state index is -6.71. The third kappa shape index (κ3) is 6.84. The molecule has 0 aliphatic heterocycles. The minimum absolute atomic E-state index is 1.83. The van der Waals surface area contributed by atoms with E-state index in [0.717, 1.165) is 0 Å². The summed E-state index contributed by atoms with van der Waals surface area (Å²) in [5.41, 5.74) is 0. The number of halogens is 12. The topological polar surface area (TPSA) is 36.9 Å². The molecule has 0 radical (unpaired) electrons. The molecule has 0 aromatic rings. The van der Waals surface area contributed by atoms with Crippen LogP contribution in [0, 0.1) is 0 Å². The summed E-state index contributed by atoms with van der Waals surface area (Å²) in [4.78, 5) is 0. The Morgan fingerprint density at radius 1 is 0.500 bits per heavy atom. The first kappa shape index (κ1) is 21.0. The summed E-state index contributed by atoms with van der Waals surface area (Å²) in [6.45, 7) is -8.96. The molecule has 0 bridgehead atoms. The summed E-state index contributed by atoms with van der Waals surface area (Å²) in [6, 6.07) is 0. The largest absolute Gasteiger partial charge is 0.494 e. The van der Waals surface area contributed by atoms with Crippen molar-refractivity contribution in [1.29, 1.82) is 0 Å². The Morgan fingerprint density at radius 3 is 0.909 bits per heavy atom. The maximum absolute atomic E-state index is 12.5. The zero-order valence-electron chi connectivity index (χ0n) is 9.32. The number of hydrogen-bond acceptors (Lipinski definition) is 4. The molecule has 0 aliphatic rings. The van der Waals surface area contributed by atoms with Gasteiger partial charge in [0.25, 0.3) is 0 Å². The third-order valence-electron chi connectivity index (χ3n) is 1.29. The summed E-state index contributed by atoms with van der Waals surface area (Å²) < 4.78 is 152. The van der Waals surface area contributed by atoms with Gasteiger partial charge in [-0.3, -0.25) is 0 Å². The van der Waals surface area contributed by atoms with Crippen LogP contribution in [0.2, 0.25) is 0 Å². The van der Waals surface area contributed by atoms with Crippen LogP contribution in [0.1, 0.15) is 0 Å². The van der Waals surface area contributed by atoms with E-state index in [2.05, 4.69) is 9.47 Å².